The highest BCUT2D eigenvalue weighted by molar-refractivity contribution is 7.90. The fourth-order valence-electron chi connectivity index (χ4n) is 2.52. The Balaban J connectivity index is 1.95. The molecule has 0 unspecified atom stereocenters. The molecule has 23 heavy (non-hydrogen) atoms. The van der Waals surface area contributed by atoms with Gasteiger partial charge in [0.2, 0.25) is 0 Å². The SMILES string of the molecule is C[C@H](c1ccc(S(C)(=O)=O)cc1)N(C)C(=O)NC[C@@H]1CCCO1. The van der Waals surface area contributed by atoms with Crippen LogP contribution in [0.3, 0.4) is 0 Å². The van der Waals surface area contributed by atoms with Crippen molar-refractivity contribution in [2.45, 2.75) is 36.8 Å². The minimum atomic E-state index is -3.21. The molecule has 0 bridgehead atoms. The van der Waals surface area contributed by atoms with Gasteiger partial charge in [-0.25, -0.2) is 13.2 Å². The molecule has 6 nitrogen and oxygen atoms in total. The van der Waals surface area contributed by atoms with Crippen LogP contribution in [0, 0.1) is 0 Å². The molecule has 2 rings (SSSR count). The summed E-state index contributed by atoms with van der Waals surface area (Å²) in [6, 6.07) is 6.29. The van der Waals surface area contributed by atoms with Crippen molar-refractivity contribution < 1.29 is 17.9 Å². The fourth-order valence-corrected chi connectivity index (χ4v) is 3.15. The summed E-state index contributed by atoms with van der Waals surface area (Å²) in [5, 5.41) is 2.88. The van der Waals surface area contributed by atoms with Crippen LogP contribution in [-0.2, 0) is 14.6 Å². The molecule has 1 heterocycles. The number of urea groups is 1. The van der Waals surface area contributed by atoms with Gasteiger partial charge in [0.1, 0.15) is 0 Å². The topological polar surface area (TPSA) is 75.7 Å². The number of carbonyl (C=O) groups is 1. The summed E-state index contributed by atoms with van der Waals surface area (Å²) in [7, 11) is -1.48. The first-order valence-corrected chi connectivity index (χ1v) is 9.60. The first-order chi connectivity index (χ1) is 10.8. The van der Waals surface area contributed by atoms with Gasteiger partial charge in [-0.2, -0.15) is 0 Å². The third kappa shape index (κ3) is 4.68. The van der Waals surface area contributed by atoms with Gasteiger partial charge in [0.15, 0.2) is 9.84 Å². The van der Waals surface area contributed by atoms with Crippen LogP contribution in [0.5, 0.6) is 0 Å². The van der Waals surface area contributed by atoms with Gasteiger partial charge in [-0.05, 0) is 37.5 Å². The van der Waals surface area contributed by atoms with Crippen LogP contribution in [-0.4, -0.2) is 51.9 Å². The van der Waals surface area contributed by atoms with E-state index in [0.29, 0.717) is 6.54 Å². The van der Waals surface area contributed by atoms with E-state index in [4.69, 9.17) is 4.74 Å². The largest absolute Gasteiger partial charge is 0.376 e. The van der Waals surface area contributed by atoms with Crippen molar-refractivity contribution in [3.8, 4) is 0 Å². The van der Waals surface area contributed by atoms with E-state index in [1.165, 1.54) is 6.26 Å². The number of benzene rings is 1. The lowest BCUT2D eigenvalue weighted by molar-refractivity contribution is 0.108. The minimum Gasteiger partial charge on any atom is -0.376 e. The number of rotatable bonds is 5. The average molecular weight is 340 g/mol. The first kappa shape index (κ1) is 17.7. The molecule has 7 heteroatoms. The van der Waals surface area contributed by atoms with E-state index in [-0.39, 0.29) is 23.1 Å². The van der Waals surface area contributed by atoms with Crippen molar-refractivity contribution in [3.05, 3.63) is 29.8 Å². The van der Waals surface area contributed by atoms with Crippen LogP contribution in [0.1, 0.15) is 31.4 Å². The number of carbonyl (C=O) groups excluding carboxylic acids is 1. The van der Waals surface area contributed by atoms with Crippen molar-refractivity contribution in [3.63, 3.8) is 0 Å². The van der Waals surface area contributed by atoms with Crippen molar-refractivity contribution >= 4 is 15.9 Å². The number of hydrogen-bond acceptors (Lipinski definition) is 4. The molecule has 0 saturated carbocycles. The highest BCUT2D eigenvalue weighted by Crippen LogP contribution is 2.21. The maximum Gasteiger partial charge on any atom is 0.317 e. The summed E-state index contributed by atoms with van der Waals surface area (Å²) in [5.41, 5.74) is 0.882. The van der Waals surface area contributed by atoms with Gasteiger partial charge in [0, 0.05) is 26.5 Å². The summed E-state index contributed by atoms with van der Waals surface area (Å²) in [6.45, 7) is 3.18. The maximum atomic E-state index is 12.2. The summed E-state index contributed by atoms with van der Waals surface area (Å²) in [6.07, 6.45) is 3.30. The van der Waals surface area contributed by atoms with Gasteiger partial charge in [0.25, 0.3) is 0 Å². The second-order valence-corrected chi connectivity index (χ2v) is 7.96. The van der Waals surface area contributed by atoms with Crippen LogP contribution < -0.4 is 5.32 Å². The molecule has 1 aliphatic heterocycles. The molecular weight excluding hydrogens is 316 g/mol. The van der Waals surface area contributed by atoms with E-state index in [1.807, 2.05) is 6.92 Å². The van der Waals surface area contributed by atoms with Gasteiger partial charge in [-0.15, -0.1) is 0 Å². The van der Waals surface area contributed by atoms with Crippen molar-refractivity contribution in [1.29, 1.82) is 0 Å². The van der Waals surface area contributed by atoms with Gasteiger partial charge >= 0.3 is 6.03 Å². The van der Waals surface area contributed by atoms with Gasteiger partial charge in [-0.1, -0.05) is 12.1 Å². The van der Waals surface area contributed by atoms with Gasteiger partial charge in [0.05, 0.1) is 17.0 Å². The minimum absolute atomic E-state index is 0.108. The quantitative estimate of drug-likeness (QED) is 0.889. The Labute approximate surface area is 137 Å². The molecule has 2 amide bonds. The highest BCUT2D eigenvalue weighted by Gasteiger charge is 2.21. The van der Waals surface area contributed by atoms with Crippen LogP contribution in [0.15, 0.2) is 29.2 Å². The Morgan fingerprint density at radius 1 is 1.39 bits per heavy atom. The summed E-state index contributed by atoms with van der Waals surface area (Å²) in [4.78, 5) is 14.1. The number of hydrogen-bond donors (Lipinski definition) is 1. The monoisotopic (exact) mass is 340 g/mol. The van der Waals surface area contributed by atoms with Gasteiger partial charge < -0.3 is 15.0 Å². The number of sulfone groups is 1. The molecule has 1 fully saturated rings. The number of nitrogens with one attached hydrogen (secondary N) is 1. The summed E-state index contributed by atoms with van der Waals surface area (Å²) >= 11 is 0. The first-order valence-electron chi connectivity index (χ1n) is 7.71. The number of amides is 2. The predicted octanol–water partition coefficient (Wildman–Crippen LogP) is 1.97. The van der Waals surface area contributed by atoms with Crippen molar-refractivity contribution in [2.75, 3.05) is 26.5 Å². The lowest BCUT2D eigenvalue weighted by Gasteiger charge is -2.26. The lowest BCUT2D eigenvalue weighted by Crippen LogP contribution is -2.41. The molecule has 1 aromatic carbocycles. The number of ether oxygens (including phenoxy) is 1. The maximum absolute atomic E-state index is 12.2. The standard InChI is InChI=1S/C16H24N2O4S/c1-12(13-6-8-15(9-7-13)23(3,20)21)18(2)16(19)17-11-14-5-4-10-22-14/h6-9,12,14H,4-5,10-11H2,1-3H3,(H,17,19)/t12-,14+/m1/s1. The number of nitrogens with zero attached hydrogens (tertiary/aromatic N) is 1. The molecule has 128 valence electrons. The zero-order valence-corrected chi connectivity index (χ0v) is 14.6. The molecule has 1 N–H and O–H groups in total. The summed E-state index contributed by atoms with van der Waals surface area (Å²) in [5.74, 6) is 0. The Kier molecular flexibility index (Phi) is 5.64. The Morgan fingerprint density at radius 2 is 2.04 bits per heavy atom. The molecule has 0 radical (unpaired) electrons. The molecule has 1 aromatic rings. The van der Waals surface area contributed by atoms with E-state index in [0.717, 1.165) is 25.0 Å². The van der Waals surface area contributed by atoms with Gasteiger partial charge in [-0.3, -0.25) is 0 Å². The predicted molar refractivity (Wildman–Crippen MR) is 88.1 cm³/mol. The summed E-state index contributed by atoms with van der Waals surface area (Å²) < 4.78 is 28.4. The van der Waals surface area contributed by atoms with Crippen LogP contribution in [0.4, 0.5) is 4.79 Å². The van der Waals surface area contributed by atoms with E-state index < -0.39 is 9.84 Å². The van der Waals surface area contributed by atoms with Crippen molar-refractivity contribution in [1.82, 2.24) is 10.2 Å². The van der Waals surface area contributed by atoms with Crippen LogP contribution in [0.25, 0.3) is 0 Å². The zero-order chi connectivity index (χ0) is 17.0. The molecule has 1 saturated heterocycles. The second kappa shape index (κ2) is 7.31. The Morgan fingerprint density at radius 3 is 2.57 bits per heavy atom. The average Bonchev–Trinajstić information content (AvgIpc) is 3.04. The van der Waals surface area contributed by atoms with E-state index in [1.54, 1.807) is 36.2 Å². The third-order valence-corrected chi connectivity index (χ3v) is 5.33. The molecule has 0 spiro atoms. The lowest BCUT2D eigenvalue weighted by atomic mass is 10.1. The van der Waals surface area contributed by atoms with Crippen LogP contribution in [0.2, 0.25) is 0 Å². The van der Waals surface area contributed by atoms with Crippen LogP contribution >= 0.6 is 0 Å². The highest BCUT2D eigenvalue weighted by atomic mass is 32.2. The molecular formula is C16H24N2O4S. The fraction of sp³-hybridized carbons (Fsp3) is 0.562. The molecule has 2 atom stereocenters. The van der Waals surface area contributed by atoms with Crippen molar-refractivity contribution in [2.24, 2.45) is 0 Å². The zero-order valence-electron chi connectivity index (χ0n) is 13.8. The van der Waals surface area contributed by atoms with E-state index in [9.17, 15) is 13.2 Å². The normalized spacial score (nSPS) is 19.3. The molecule has 0 aromatic heterocycles. The Bertz CT molecular complexity index is 637. The van der Waals surface area contributed by atoms with E-state index in [2.05, 4.69) is 5.32 Å². The van der Waals surface area contributed by atoms with E-state index >= 15 is 0 Å². The Hall–Kier alpha value is -1.60. The second-order valence-electron chi connectivity index (χ2n) is 5.95. The molecule has 1 aliphatic rings. The third-order valence-electron chi connectivity index (χ3n) is 4.20. The molecule has 0 aliphatic carbocycles. The smallest absolute Gasteiger partial charge is 0.317 e.